The molecule has 1 aliphatic carbocycles. The third kappa shape index (κ3) is 2.76. The van der Waals surface area contributed by atoms with Gasteiger partial charge < -0.3 is 4.42 Å². The number of oxazole rings is 1. The molecule has 0 spiro atoms. The van der Waals surface area contributed by atoms with Gasteiger partial charge in [-0.05, 0) is 48.3 Å². The topological polar surface area (TPSA) is 46.0 Å². The van der Waals surface area contributed by atoms with Crippen LogP contribution in [0.2, 0.25) is 0 Å². The minimum Gasteiger partial charge on any atom is -0.408 e. The van der Waals surface area contributed by atoms with Crippen LogP contribution in [0.15, 0.2) is 27.4 Å². The van der Waals surface area contributed by atoms with E-state index in [-0.39, 0.29) is 10.8 Å². The second-order valence-electron chi connectivity index (χ2n) is 6.80. The van der Waals surface area contributed by atoms with Gasteiger partial charge in [0.15, 0.2) is 5.58 Å². The normalized spacial score (nSPS) is 19.4. The number of benzene rings is 1. The van der Waals surface area contributed by atoms with Crippen LogP contribution < -0.4 is 5.76 Å². The molecule has 1 aromatic heterocycles. The quantitative estimate of drug-likeness (QED) is 0.807. The summed E-state index contributed by atoms with van der Waals surface area (Å²) >= 11 is 6.89. The minimum atomic E-state index is -0.411. The molecule has 0 amide bonds. The van der Waals surface area contributed by atoms with Gasteiger partial charge in [0, 0.05) is 0 Å². The summed E-state index contributed by atoms with van der Waals surface area (Å²) in [4.78, 5) is 14.0. The lowest BCUT2D eigenvalue weighted by atomic mass is 9.73. The molecule has 1 aromatic carbocycles. The number of fused-ring (bicyclic) bond motifs is 1. The Bertz CT molecular complexity index is 679. The third-order valence-corrected chi connectivity index (χ3v) is 5.40. The number of rotatable bonds is 4. The molecule has 114 valence electrons. The molecule has 1 atom stereocenters. The Morgan fingerprint density at radius 2 is 2.05 bits per heavy atom. The Hall–Kier alpha value is -1.22. The molecule has 21 heavy (non-hydrogen) atoms. The van der Waals surface area contributed by atoms with Gasteiger partial charge in [0.05, 0.1) is 10.9 Å². The van der Waals surface area contributed by atoms with E-state index in [0.717, 1.165) is 17.5 Å². The Labute approximate surface area is 129 Å². The molecule has 1 saturated carbocycles. The van der Waals surface area contributed by atoms with E-state index in [1.807, 2.05) is 18.2 Å². The first-order chi connectivity index (χ1) is 10.00. The number of nitrogens with one attached hydrogen (secondary N) is 1. The van der Waals surface area contributed by atoms with Crippen LogP contribution in [-0.2, 0) is 0 Å². The molecule has 1 fully saturated rings. The van der Waals surface area contributed by atoms with E-state index in [9.17, 15) is 4.79 Å². The van der Waals surface area contributed by atoms with Gasteiger partial charge in [0.1, 0.15) is 0 Å². The van der Waals surface area contributed by atoms with Crippen molar-refractivity contribution in [3.05, 3.63) is 34.3 Å². The summed E-state index contributed by atoms with van der Waals surface area (Å²) in [6.07, 6.45) is 6.05. The molecular weight excluding hydrogens is 286 g/mol. The third-order valence-electron chi connectivity index (χ3n) is 4.69. The standard InChI is InChI=1S/C17H22ClNO2/c1-11(2)10-17(7-3-4-8-17)15(18)12-5-6-13-14(9-12)21-16(20)19-13/h5-6,9,11,15H,3-4,7-8,10H2,1-2H3,(H,19,20). The SMILES string of the molecule is CC(C)CC1(C(Cl)c2ccc3[nH]c(=O)oc3c2)CCCC1. The van der Waals surface area contributed by atoms with Crippen molar-refractivity contribution in [3.63, 3.8) is 0 Å². The Morgan fingerprint density at radius 3 is 2.71 bits per heavy atom. The van der Waals surface area contributed by atoms with E-state index < -0.39 is 5.76 Å². The Morgan fingerprint density at radius 1 is 1.33 bits per heavy atom. The molecule has 0 saturated heterocycles. The highest BCUT2D eigenvalue weighted by Crippen LogP contribution is 2.54. The predicted octanol–water partition coefficient (Wildman–Crippen LogP) is 5.01. The number of aromatic amines is 1. The van der Waals surface area contributed by atoms with Crippen molar-refractivity contribution in [1.82, 2.24) is 4.98 Å². The maximum absolute atomic E-state index is 11.3. The highest BCUT2D eigenvalue weighted by molar-refractivity contribution is 6.21. The van der Waals surface area contributed by atoms with Gasteiger partial charge in [0.2, 0.25) is 0 Å². The van der Waals surface area contributed by atoms with E-state index in [1.54, 1.807) is 0 Å². The van der Waals surface area contributed by atoms with Crippen LogP contribution in [0.1, 0.15) is 56.9 Å². The molecule has 3 nitrogen and oxygen atoms in total. The monoisotopic (exact) mass is 307 g/mol. The van der Waals surface area contributed by atoms with Gasteiger partial charge in [-0.3, -0.25) is 4.98 Å². The van der Waals surface area contributed by atoms with Crippen molar-refractivity contribution in [3.8, 4) is 0 Å². The molecule has 0 aliphatic heterocycles. The fourth-order valence-electron chi connectivity index (χ4n) is 3.93. The average molecular weight is 308 g/mol. The van der Waals surface area contributed by atoms with E-state index >= 15 is 0 Å². The van der Waals surface area contributed by atoms with Crippen LogP contribution in [0, 0.1) is 11.3 Å². The van der Waals surface area contributed by atoms with Crippen molar-refractivity contribution in [2.45, 2.75) is 51.3 Å². The summed E-state index contributed by atoms with van der Waals surface area (Å²) in [6.45, 7) is 4.52. The molecule has 0 radical (unpaired) electrons. The van der Waals surface area contributed by atoms with Crippen LogP contribution in [0.4, 0.5) is 0 Å². The number of hydrogen-bond donors (Lipinski definition) is 1. The fourth-order valence-corrected chi connectivity index (χ4v) is 4.37. The molecule has 1 aliphatic rings. The maximum Gasteiger partial charge on any atom is 0.417 e. The van der Waals surface area contributed by atoms with Gasteiger partial charge in [-0.1, -0.05) is 32.8 Å². The van der Waals surface area contributed by atoms with Gasteiger partial charge in [-0.2, -0.15) is 0 Å². The number of alkyl halides is 1. The van der Waals surface area contributed by atoms with Gasteiger partial charge in [-0.15, -0.1) is 11.6 Å². The first kappa shape index (κ1) is 14.7. The predicted molar refractivity (Wildman–Crippen MR) is 85.8 cm³/mol. The number of aromatic nitrogens is 1. The number of hydrogen-bond acceptors (Lipinski definition) is 2. The van der Waals surface area contributed by atoms with Gasteiger partial charge >= 0.3 is 5.76 Å². The molecule has 1 N–H and O–H groups in total. The summed E-state index contributed by atoms with van der Waals surface area (Å²) in [5.74, 6) is 0.226. The zero-order valence-corrected chi connectivity index (χ0v) is 13.4. The fraction of sp³-hybridized carbons (Fsp3) is 0.588. The Balaban J connectivity index is 1.97. The zero-order valence-electron chi connectivity index (χ0n) is 12.6. The molecular formula is C17H22ClNO2. The highest BCUT2D eigenvalue weighted by atomic mass is 35.5. The first-order valence-corrected chi connectivity index (χ1v) is 8.21. The summed E-state index contributed by atoms with van der Waals surface area (Å²) in [6, 6.07) is 5.83. The zero-order chi connectivity index (χ0) is 15.0. The van der Waals surface area contributed by atoms with Crippen LogP contribution >= 0.6 is 11.6 Å². The highest BCUT2D eigenvalue weighted by Gasteiger charge is 2.41. The van der Waals surface area contributed by atoms with Crippen molar-refractivity contribution in [1.29, 1.82) is 0 Å². The summed E-state index contributed by atoms with van der Waals surface area (Å²) < 4.78 is 5.17. The van der Waals surface area contributed by atoms with E-state index in [2.05, 4.69) is 18.8 Å². The van der Waals surface area contributed by atoms with Crippen LogP contribution in [-0.4, -0.2) is 4.98 Å². The number of halogens is 1. The second kappa shape index (κ2) is 5.53. The van der Waals surface area contributed by atoms with Crippen molar-refractivity contribution in [2.24, 2.45) is 11.3 Å². The molecule has 1 heterocycles. The Kier molecular flexibility index (Phi) is 3.87. The minimum absolute atomic E-state index is 0.0213. The van der Waals surface area contributed by atoms with Crippen LogP contribution in [0.5, 0.6) is 0 Å². The number of H-pyrrole nitrogens is 1. The lowest BCUT2D eigenvalue weighted by molar-refractivity contribution is 0.223. The van der Waals surface area contributed by atoms with Gasteiger partial charge in [0.25, 0.3) is 0 Å². The van der Waals surface area contributed by atoms with Gasteiger partial charge in [-0.25, -0.2) is 4.79 Å². The molecule has 3 rings (SSSR count). The maximum atomic E-state index is 11.3. The van der Waals surface area contributed by atoms with Crippen LogP contribution in [0.3, 0.4) is 0 Å². The first-order valence-electron chi connectivity index (χ1n) is 7.77. The summed E-state index contributed by atoms with van der Waals surface area (Å²) in [5, 5.41) is -0.0213. The van der Waals surface area contributed by atoms with Crippen molar-refractivity contribution in [2.75, 3.05) is 0 Å². The molecule has 4 heteroatoms. The lowest BCUT2D eigenvalue weighted by Gasteiger charge is -2.36. The van der Waals surface area contributed by atoms with E-state index in [1.165, 1.54) is 25.7 Å². The molecule has 1 unspecified atom stereocenters. The van der Waals surface area contributed by atoms with E-state index in [4.69, 9.17) is 16.0 Å². The van der Waals surface area contributed by atoms with E-state index in [0.29, 0.717) is 11.5 Å². The van der Waals surface area contributed by atoms with Crippen molar-refractivity contribution < 1.29 is 4.42 Å². The average Bonchev–Trinajstić information content (AvgIpc) is 3.02. The summed E-state index contributed by atoms with van der Waals surface area (Å²) in [7, 11) is 0. The largest absolute Gasteiger partial charge is 0.417 e. The van der Waals surface area contributed by atoms with Crippen LogP contribution in [0.25, 0.3) is 11.1 Å². The summed E-state index contributed by atoms with van der Waals surface area (Å²) in [5.41, 5.74) is 2.58. The lowest BCUT2D eigenvalue weighted by Crippen LogP contribution is -2.24. The second-order valence-corrected chi connectivity index (χ2v) is 7.24. The molecule has 2 aromatic rings. The smallest absolute Gasteiger partial charge is 0.408 e. The molecule has 0 bridgehead atoms. The van der Waals surface area contributed by atoms with Crippen molar-refractivity contribution >= 4 is 22.7 Å².